The van der Waals surface area contributed by atoms with Gasteiger partial charge in [0, 0.05) is 33.9 Å². The molecule has 3 heteroatoms. The first-order valence-corrected chi connectivity index (χ1v) is 10.2. The van der Waals surface area contributed by atoms with E-state index in [9.17, 15) is 0 Å². The summed E-state index contributed by atoms with van der Waals surface area (Å²) in [6.07, 6.45) is 14.6. The fourth-order valence-corrected chi connectivity index (χ4v) is 4.00. The number of nitrogens with zero attached hydrogens (tertiary/aromatic N) is 2. The minimum absolute atomic E-state index is 0.425. The lowest BCUT2D eigenvalue weighted by Crippen LogP contribution is -2.31. The predicted octanol–water partition coefficient (Wildman–Crippen LogP) is 4.93. The highest BCUT2D eigenvalue weighted by Gasteiger charge is 2.18. The van der Waals surface area contributed by atoms with Gasteiger partial charge in [0.2, 0.25) is 0 Å². The maximum absolute atomic E-state index is 6.35. The van der Waals surface area contributed by atoms with E-state index in [-0.39, 0.29) is 0 Å². The lowest BCUT2D eigenvalue weighted by molar-refractivity contribution is 0.461. The number of allylic oxidation sites excluding steroid dienone is 2. The van der Waals surface area contributed by atoms with Gasteiger partial charge in [-0.05, 0) is 69.5 Å². The highest BCUT2D eigenvalue weighted by molar-refractivity contribution is 5.75. The second-order valence-corrected chi connectivity index (χ2v) is 7.23. The molecule has 2 heterocycles. The van der Waals surface area contributed by atoms with Crippen LogP contribution in [0.5, 0.6) is 0 Å². The second-order valence-electron chi connectivity index (χ2n) is 7.23. The van der Waals surface area contributed by atoms with Crippen molar-refractivity contribution in [2.45, 2.75) is 60.4 Å². The van der Waals surface area contributed by atoms with Crippen molar-refractivity contribution < 1.29 is 0 Å². The van der Waals surface area contributed by atoms with Crippen LogP contribution >= 0.6 is 0 Å². The van der Waals surface area contributed by atoms with Crippen molar-refractivity contribution >= 4 is 30.9 Å². The molecule has 150 valence electrons. The lowest BCUT2D eigenvalue weighted by Gasteiger charge is -2.19. The first-order chi connectivity index (χ1) is 13.4. The van der Waals surface area contributed by atoms with Gasteiger partial charge < -0.3 is 10.4 Å². The standard InChI is InChI=1S/C25H35N3/c1-9-14-23-17(6)18(7)25(27(23)20(11-3)12-4)16-22-19(8)28(26)24(15-10-2)21(22)13-5/h9-10,13-16,20H,5,7,11-12,26H2,1-4,6,8H3/b14-9-,15-10-,25-16+. The fraction of sp³-hybridized carbons (Fsp3) is 0.360. The summed E-state index contributed by atoms with van der Waals surface area (Å²) in [5, 5.41) is 2.23. The topological polar surface area (TPSA) is 35.9 Å². The van der Waals surface area contributed by atoms with Crippen LogP contribution in [0.1, 0.15) is 80.4 Å². The molecule has 0 radical (unpaired) electrons. The third kappa shape index (κ3) is 3.54. The van der Waals surface area contributed by atoms with E-state index >= 15 is 0 Å². The molecule has 0 bridgehead atoms. The number of nitrogen functional groups attached to an aromatic ring is 1. The van der Waals surface area contributed by atoms with Crippen molar-refractivity contribution in [1.82, 2.24) is 9.24 Å². The first-order valence-electron chi connectivity index (χ1n) is 10.2. The Kier molecular flexibility index (Phi) is 6.95. The van der Waals surface area contributed by atoms with Gasteiger partial charge in [-0.25, -0.2) is 0 Å². The van der Waals surface area contributed by atoms with E-state index in [1.165, 1.54) is 11.3 Å². The Hall–Kier alpha value is -2.68. The van der Waals surface area contributed by atoms with Gasteiger partial charge in [0.1, 0.15) is 0 Å². The minimum atomic E-state index is 0.425. The van der Waals surface area contributed by atoms with Gasteiger partial charge in [-0.15, -0.1) is 0 Å². The van der Waals surface area contributed by atoms with Crippen molar-refractivity contribution in [1.29, 1.82) is 0 Å². The Morgan fingerprint density at radius 2 is 1.57 bits per heavy atom. The van der Waals surface area contributed by atoms with E-state index in [2.05, 4.69) is 70.6 Å². The monoisotopic (exact) mass is 377 g/mol. The van der Waals surface area contributed by atoms with Crippen LogP contribution in [0.25, 0.3) is 30.9 Å². The minimum Gasteiger partial charge on any atom is -0.339 e. The van der Waals surface area contributed by atoms with E-state index in [1.807, 2.05) is 25.2 Å². The first kappa shape index (κ1) is 21.6. The summed E-state index contributed by atoms with van der Waals surface area (Å²) in [6.45, 7) is 21.2. The Labute approximate surface area is 169 Å². The fourth-order valence-electron chi connectivity index (χ4n) is 4.00. The third-order valence-corrected chi connectivity index (χ3v) is 5.68. The summed E-state index contributed by atoms with van der Waals surface area (Å²) in [6, 6.07) is 0.425. The molecule has 0 aliphatic heterocycles. The van der Waals surface area contributed by atoms with Gasteiger partial charge >= 0.3 is 0 Å². The molecular weight excluding hydrogens is 342 g/mol. The summed E-state index contributed by atoms with van der Waals surface area (Å²) in [5.41, 5.74) is 6.62. The highest BCUT2D eigenvalue weighted by atomic mass is 15.3. The molecule has 0 saturated heterocycles. The highest BCUT2D eigenvalue weighted by Crippen LogP contribution is 2.25. The zero-order valence-corrected chi connectivity index (χ0v) is 18.3. The van der Waals surface area contributed by atoms with Crippen LogP contribution in [0, 0.1) is 13.8 Å². The van der Waals surface area contributed by atoms with Crippen molar-refractivity contribution in [2.75, 3.05) is 5.84 Å². The van der Waals surface area contributed by atoms with Gasteiger partial charge in [0.25, 0.3) is 0 Å². The molecule has 0 unspecified atom stereocenters. The average molecular weight is 378 g/mol. The number of hydrogen-bond acceptors (Lipinski definition) is 1. The van der Waals surface area contributed by atoms with E-state index in [0.717, 1.165) is 45.9 Å². The predicted molar refractivity (Wildman–Crippen MR) is 126 cm³/mol. The summed E-state index contributed by atoms with van der Waals surface area (Å²) in [7, 11) is 0. The molecule has 2 aromatic heterocycles. The molecular formula is C25H35N3. The van der Waals surface area contributed by atoms with Gasteiger partial charge in [0.05, 0.1) is 5.69 Å². The molecule has 28 heavy (non-hydrogen) atoms. The van der Waals surface area contributed by atoms with Crippen molar-refractivity contribution in [2.24, 2.45) is 0 Å². The molecule has 2 aromatic rings. The van der Waals surface area contributed by atoms with E-state index in [0.29, 0.717) is 6.04 Å². The van der Waals surface area contributed by atoms with Gasteiger partial charge in [0.15, 0.2) is 0 Å². The maximum atomic E-state index is 6.35. The van der Waals surface area contributed by atoms with Crippen molar-refractivity contribution in [3.63, 3.8) is 0 Å². The molecule has 0 fully saturated rings. The number of nitrogens with two attached hydrogens (primary N) is 1. The van der Waals surface area contributed by atoms with Crippen molar-refractivity contribution in [3.8, 4) is 0 Å². The Bertz CT molecular complexity index is 1020. The SMILES string of the molecule is C=Cc1c(/C=c2\c(=C)c(C)c(/C=C\C)n2C(CC)CC)c(C)n(N)c1/C=C\C. The zero-order valence-electron chi connectivity index (χ0n) is 18.3. The van der Waals surface area contributed by atoms with Crippen LogP contribution in [-0.4, -0.2) is 9.24 Å². The summed E-state index contributed by atoms with van der Waals surface area (Å²) in [4.78, 5) is 0. The molecule has 2 rings (SSSR count). The van der Waals surface area contributed by atoms with Crippen LogP contribution in [0.4, 0.5) is 0 Å². The van der Waals surface area contributed by atoms with Crippen LogP contribution in [0.2, 0.25) is 0 Å². The maximum Gasteiger partial charge on any atom is 0.0696 e. The van der Waals surface area contributed by atoms with E-state index in [1.54, 1.807) is 4.68 Å². The Balaban J connectivity index is 2.99. The average Bonchev–Trinajstić information content (AvgIpc) is 3.05. The molecule has 2 N–H and O–H groups in total. The smallest absolute Gasteiger partial charge is 0.0696 e. The van der Waals surface area contributed by atoms with Gasteiger partial charge in [-0.3, -0.25) is 4.68 Å². The number of rotatable bonds is 7. The lowest BCUT2D eigenvalue weighted by atomic mass is 10.1. The van der Waals surface area contributed by atoms with E-state index < -0.39 is 0 Å². The summed E-state index contributed by atoms with van der Waals surface area (Å²) < 4.78 is 4.20. The number of aromatic nitrogens is 2. The Morgan fingerprint density at radius 1 is 1.00 bits per heavy atom. The third-order valence-electron chi connectivity index (χ3n) is 5.68. The molecule has 0 spiro atoms. The molecule has 0 aliphatic carbocycles. The molecule has 0 aromatic carbocycles. The zero-order chi connectivity index (χ0) is 21.0. The second kappa shape index (κ2) is 9.01. The quantitative estimate of drug-likeness (QED) is 0.682. The van der Waals surface area contributed by atoms with E-state index in [4.69, 9.17) is 5.84 Å². The van der Waals surface area contributed by atoms with Crippen LogP contribution in [0.15, 0.2) is 18.7 Å². The van der Waals surface area contributed by atoms with Gasteiger partial charge in [-0.1, -0.05) is 45.2 Å². The summed E-state index contributed by atoms with van der Waals surface area (Å²) >= 11 is 0. The van der Waals surface area contributed by atoms with Gasteiger partial charge in [-0.2, -0.15) is 0 Å². The van der Waals surface area contributed by atoms with Crippen LogP contribution in [-0.2, 0) is 0 Å². The van der Waals surface area contributed by atoms with Crippen LogP contribution in [0.3, 0.4) is 0 Å². The Morgan fingerprint density at radius 3 is 2.07 bits per heavy atom. The molecule has 0 saturated carbocycles. The largest absolute Gasteiger partial charge is 0.339 e. The molecule has 3 nitrogen and oxygen atoms in total. The summed E-state index contributed by atoms with van der Waals surface area (Å²) in [5.74, 6) is 6.35. The van der Waals surface area contributed by atoms with Crippen molar-refractivity contribution in [3.05, 3.63) is 63.1 Å². The van der Waals surface area contributed by atoms with Crippen LogP contribution < -0.4 is 16.4 Å². The molecule has 0 aliphatic rings. The molecule has 0 amide bonds. The number of hydrogen-bond donors (Lipinski definition) is 1. The molecule has 0 atom stereocenters. The normalized spacial score (nSPS) is 12.9.